The highest BCUT2D eigenvalue weighted by molar-refractivity contribution is 6.32. The van der Waals surface area contributed by atoms with E-state index in [4.69, 9.17) is 16.3 Å². The van der Waals surface area contributed by atoms with Gasteiger partial charge in [-0.3, -0.25) is 9.59 Å². The Balaban J connectivity index is 1.69. The van der Waals surface area contributed by atoms with Gasteiger partial charge in [0.25, 0.3) is 5.56 Å². The molecule has 1 aromatic carbocycles. The van der Waals surface area contributed by atoms with Crippen molar-refractivity contribution in [2.45, 2.75) is 38.7 Å². The molecule has 1 aromatic heterocycles. The third-order valence-electron chi connectivity index (χ3n) is 4.38. The van der Waals surface area contributed by atoms with Crippen LogP contribution in [0.3, 0.4) is 0 Å². The average molecular weight is 349 g/mol. The minimum atomic E-state index is -0.163. The molecule has 2 heterocycles. The molecule has 1 saturated heterocycles. The van der Waals surface area contributed by atoms with Crippen molar-refractivity contribution in [3.8, 4) is 5.75 Å². The highest BCUT2D eigenvalue weighted by atomic mass is 35.5. The van der Waals surface area contributed by atoms with Crippen molar-refractivity contribution in [3.63, 3.8) is 0 Å². The average Bonchev–Trinajstić information content (AvgIpc) is 2.57. The van der Waals surface area contributed by atoms with E-state index in [0.29, 0.717) is 35.7 Å². The van der Waals surface area contributed by atoms with Crippen molar-refractivity contribution in [1.82, 2.24) is 9.88 Å². The van der Waals surface area contributed by atoms with E-state index in [9.17, 15) is 9.59 Å². The smallest absolute Gasteiger partial charge is 0.255 e. The van der Waals surface area contributed by atoms with Gasteiger partial charge in [-0.2, -0.15) is 0 Å². The number of aromatic amines is 1. The molecule has 0 saturated carbocycles. The number of rotatable bonds is 4. The predicted octanol–water partition coefficient (Wildman–Crippen LogP) is 3.35. The molecule has 128 valence electrons. The van der Waals surface area contributed by atoms with Gasteiger partial charge < -0.3 is 14.6 Å². The maximum absolute atomic E-state index is 11.9. The van der Waals surface area contributed by atoms with Crippen LogP contribution in [0.2, 0.25) is 5.02 Å². The first kappa shape index (κ1) is 16.8. The van der Waals surface area contributed by atoms with Gasteiger partial charge in [0, 0.05) is 43.9 Å². The molecule has 0 spiro atoms. The van der Waals surface area contributed by atoms with Crippen molar-refractivity contribution >= 4 is 28.3 Å². The predicted molar refractivity (Wildman–Crippen MR) is 94.7 cm³/mol. The van der Waals surface area contributed by atoms with Crippen LogP contribution in [0.15, 0.2) is 29.2 Å². The quantitative estimate of drug-likeness (QED) is 0.921. The number of nitrogens with one attached hydrogen (secondary N) is 1. The van der Waals surface area contributed by atoms with Crippen LogP contribution in [0, 0.1) is 0 Å². The van der Waals surface area contributed by atoms with E-state index in [1.165, 1.54) is 0 Å². The number of nitrogens with zero attached hydrogens (tertiary/aromatic N) is 1. The second-order valence-corrected chi connectivity index (χ2v) is 6.53. The van der Waals surface area contributed by atoms with Gasteiger partial charge in [-0.15, -0.1) is 0 Å². The van der Waals surface area contributed by atoms with E-state index >= 15 is 0 Å². The SMILES string of the molecule is CCCC(=O)N1CCC(Oc2cc3cc[nH]c(=O)c3cc2Cl)CC1. The summed E-state index contributed by atoms with van der Waals surface area (Å²) in [4.78, 5) is 28.3. The molecule has 0 unspecified atom stereocenters. The van der Waals surface area contributed by atoms with Crippen LogP contribution < -0.4 is 10.3 Å². The van der Waals surface area contributed by atoms with Crippen molar-refractivity contribution < 1.29 is 9.53 Å². The van der Waals surface area contributed by atoms with Gasteiger partial charge in [-0.25, -0.2) is 0 Å². The highest BCUT2D eigenvalue weighted by Crippen LogP contribution is 2.31. The molecule has 5 nitrogen and oxygen atoms in total. The molecule has 0 bridgehead atoms. The molecule has 1 aliphatic rings. The minimum Gasteiger partial charge on any atom is -0.489 e. The molecule has 0 radical (unpaired) electrons. The number of ether oxygens (including phenoxy) is 1. The van der Waals surface area contributed by atoms with Crippen LogP contribution in [-0.2, 0) is 4.79 Å². The zero-order valence-electron chi connectivity index (χ0n) is 13.7. The third-order valence-corrected chi connectivity index (χ3v) is 4.67. The van der Waals surface area contributed by atoms with Crippen molar-refractivity contribution in [3.05, 3.63) is 39.8 Å². The number of hydrogen-bond donors (Lipinski definition) is 1. The number of halogens is 1. The van der Waals surface area contributed by atoms with Crippen molar-refractivity contribution in [2.75, 3.05) is 13.1 Å². The summed E-state index contributed by atoms with van der Waals surface area (Å²) in [5.41, 5.74) is -0.163. The van der Waals surface area contributed by atoms with E-state index in [0.717, 1.165) is 24.6 Å². The first-order chi connectivity index (χ1) is 11.6. The van der Waals surface area contributed by atoms with Gasteiger partial charge in [-0.05, 0) is 30.0 Å². The van der Waals surface area contributed by atoms with E-state index in [-0.39, 0.29) is 17.6 Å². The van der Waals surface area contributed by atoms with Gasteiger partial charge in [0.2, 0.25) is 5.91 Å². The van der Waals surface area contributed by atoms with Gasteiger partial charge in [0.1, 0.15) is 11.9 Å². The van der Waals surface area contributed by atoms with Crippen molar-refractivity contribution in [1.29, 1.82) is 0 Å². The fraction of sp³-hybridized carbons (Fsp3) is 0.444. The Kier molecular flexibility index (Phi) is 5.09. The number of piperidine rings is 1. The maximum atomic E-state index is 11.9. The number of hydrogen-bond acceptors (Lipinski definition) is 3. The standard InChI is InChI=1S/C18H21ClN2O3/c1-2-3-17(22)21-8-5-13(6-9-21)24-16-10-12-4-7-20-18(23)14(12)11-15(16)19/h4,7,10-11,13H,2-3,5-6,8-9H2,1H3,(H,20,23). The van der Waals surface area contributed by atoms with Gasteiger partial charge in [-0.1, -0.05) is 18.5 Å². The Labute approximate surface area is 145 Å². The molecular weight excluding hydrogens is 328 g/mol. The molecule has 6 heteroatoms. The Hall–Kier alpha value is -2.01. The zero-order valence-corrected chi connectivity index (χ0v) is 14.4. The number of carbonyl (C=O) groups excluding carboxylic acids is 1. The molecule has 1 amide bonds. The summed E-state index contributed by atoms with van der Waals surface area (Å²) < 4.78 is 6.04. The second kappa shape index (κ2) is 7.26. The topological polar surface area (TPSA) is 62.4 Å². The summed E-state index contributed by atoms with van der Waals surface area (Å²) in [6, 6.07) is 5.28. The van der Waals surface area contributed by atoms with E-state index in [1.807, 2.05) is 24.0 Å². The van der Waals surface area contributed by atoms with Gasteiger partial charge in [0.05, 0.1) is 5.02 Å². The number of amides is 1. The van der Waals surface area contributed by atoms with Crippen LogP contribution in [0.5, 0.6) is 5.75 Å². The Bertz CT molecular complexity index is 794. The monoisotopic (exact) mass is 348 g/mol. The van der Waals surface area contributed by atoms with Crippen LogP contribution in [0.4, 0.5) is 0 Å². The van der Waals surface area contributed by atoms with Gasteiger partial charge in [0.15, 0.2) is 0 Å². The van der Waals surface area contributed by atoms with Crippen LogP contribution in [-0.4, -0.2) is 35.0 Å². The second-order valence-electron chi connectivity index (χ2n) is 6.12. The molecule has 0 atom stereocenters. The first-order valence-electron chi connectivity index (χ1n) is 8.34. The van der Waals surface area contributed by atoms with E-state index < -0.39 is 0 Å². The largest absolute Gasteiger partial charge is 0.489 e. The summed E-state index contributed by atoms with van der Waals surface area (Å²) in [6.45, 7) is 3.45. The molecule has 2 aromatic rings. The van der Waals surface area contributed by atoms with Crippen molar-refractivity contribution in [2.24, 2.45) is 0 Å². The molecule has 3 rings (SSSR count). The summed E-state index contributed by atoms with van der Waals surface area (Å²) in [5, 5.41) is 1.78. The number of likely N-dealkylation sites (tertiary alicyclic amines) is 1. The maximum Gasteiger partial charge on any atom is 0.255 e. The first-order valence-corrected chi connectivity index (χ1v) is 8.71. The van der Waals surface area contributed by atoms with Crippen LogP contribution >= 0.6 is 11.6 Å². The lowest BCUT2D eigenvalue weighted by molar-refractivity contribution is -0.133. The number of benzene rings is 1. The number of H-pyrrole nitrogens is 1. The van der Waals surface area contributed by atoms with E-state index in [1.54, 1.807) is 12.3 Å². The summed E-state index contributed by atoms with van der Waals surface area (Å²) in [7, 11) is 0. The Morgan fingerprint density at radius 2 is 2.12 bits per heavy atom. The fourth-order valence-corrected chi connectivity index (χ4v) is 3.26. The molecular formula is C18H21ClN2O3. The zero-order chi connectivity index (χ0) is 17.1. The lowest BCUT2D eigenvalue weighted by atomic mass is 10.1. The highest BCUT2D eigenvalue weighted by Gasteiger charge is 2.24. The number of pyridine rings is 1. The summed E-state index contributed by atoms with van der Waals surface area (Å²) in [6.07, 6.45) is 4.71. The van der Waals surface area contributed by atoms with E-state index in [2.05, 4.69) is 4.98 Å². The Morgan fingerprint density at radius 3 is 2.83 bits per heavy atom. The third kappa shape index (κ3) is 3.56. The molecule has 0 aliphatic carbocycles. The number of carbonyl (C=O) groups is 1. The number of aromatic nitrogens is 1. The fourth-order valence-electron chi connectivity index (χ4n) is 3.05. The lowest BCUT2D eigenvalue weighted by Crippen LogP contribution is -2.41. The van der Waals surface area contributed by atoms with Crippen LogP contribution in [0.1, 0.15) is 32.6 Å². The van der Waals surface area contributed by atoms with Crippen LogP contribution in [0.25, 0.3) is 10.8 Å². The molecule has 24 heavy (non-hydrogen) atoms. The lowest BCUT2D eigenvalue weighted by Gasteiger charge is -2.32. The molecule has 1 aliphatic heterocycles. The molecule has 1 fully saturated rings. The normalized spacial score (nSPS) is 15.7. The number of fused-ring (bicyclic) bond motifs is 1. The summed E-state index contributed by atoms with van der Waals surface area (Å²) >= 11 is 6.27. The Morgan fingerprint density at radius 1 is 1.38 bits per heavy atom. The van der Waals surface area contributed by atoms with Gasteiger partial charge >= 0.3 is 0 Å². The molecule has 1 N–H and O–H groups in total. The minimum absolute atomic E-state index is 0.0348. The summed E-state index contributed by atoms with van der Waals surface area (Å²) in [5.74, 6) is 0.812.